The molecule has 29 heavy (non-hydrogen) atoms. The summed E-state index contributed by atoms with van der Waals surface area (Å²) in [5, 5.41) is 29.6. The summed E-state index contributed by atoms with van der Waals surface area (Å²) in [6, 6.07) is 0. The SMILES string of the molecule is CCCCCCCCCCCCCCCCC(=O)O[C@H]1[C@H](O)[C@H](O)COC[C@H]1O. The van der Waals surface area contributed by atoms with Gasteiger partial charge in [-0.2, -0.15) is 0 Å². The number of aliphatic hydroxyl groups is 3. The average Bonchev–Trinajstić information content (AvgIpc) is 2.82. The number of hydrogen-bond donors (Lipinski definition) is 3. The number of carbonyl (C=O) groups excluding carboxylic acids is 1. The summed E-state index contributed by atoms with van der Waals surface area (Å²) < 4.78 is 10.2. The molecule has 0 unspecified atom stereocenters. The van der Waals surface area contributed by atoms with Gasteiger partial charge >= 0.3 is 5.97 Å². The van der Waals surface area contributed by atoms with Crippen molar-refractivity contribution in [2.75, 3.05) is 13.2 Å². The van der Waals surface area contributed by atoms with E-state index in [2.05, 4.69) is 6.92 Å². The van der Waals surface area contributed by atoms with E-state index in [4.69, 9.17) is 9.47 Å². The lowest BCUT2D eigenvalue weighted by Gasteiger charge is -2.26. The van der Waals surface area contributed by atoms with Crippen LogP contribution in [-0.2, 0) is 14.3 Å². The molecule has 4 atom stereocenters. The average molecular weight is 417 g/mol. The summed E-state index contributed by atoms with van der Waals surface area (Å²) in [6.45, 7) is 2.11. The molecule has 172 valence electrons. The molecule has 0 aromatic rings. The number of aliphatic hydroxyl groups excluding tert-OH is 3. The highest BCUT2D eigenvalue weighted by Gasteiger charge is 2.38. The predicted octanol–water partition coefficient (Wildman–Crippen LogP) is 3.88. The molecule has 0 radical (unpaired) electrons. The van der Waals surface area contributed by atoms with Crippen LogP contribution in [0.15, 0.2) is 0 Å². The Bertz CT molecular complexity index is 403. The van der Waals surface area contributed by atoms with Gasteiger partial charge in [0.15, 0.2) is 6.10 Å². The summed E-state index contributed by atoms with van der Waals surface area (Å²) in [5.74, 6) is -0.443. The zero-order valence-electron chi connectivity index (χ0n) is 18.4. The molecule has 1 aliphatic heterocycles. The molecular weight excluding hydrogens is 372 g/mol. The van der Waals surface area contributed by atoms with Crippen molar-refractivity contribution in [3.8, 4) is 0 Å². The first-order chi connectivity index (χ1) is 14.1. The summed E-state index contributed by atoms with van der Waals surface area (Å²) in [5.41, 5.74) is 0. The zero-order chi connectivity index (χ0) is 21.3. The zero-order valence-corrected chi connectivity index (χ0v) is 18.4. The first kappa shape index (κ1) is 26.3. The van der Waals surface area contributed by atoms with Crippen molar-refractivity contribution in [1.82, 2.24) is 0 Å². The van der Waals surface area contributed by atoms with E-state index in [9.17, 15) is 20.1 Å². The van der Waals surface area contributed by atoms with Crippen molar-refractivity contribution in [3.63, 3.8) is 0 Å². The largest absolute Gasteiger partial charge is 0.457 e. The maximum absolute atomic E-state index is 12.0. The smallest absolute Gasteiger partial charge is 0.306 e. The molecule has 1 saturated heterocycles. The number of unbranched alkanes of at least 4 members (excludes halogenated alkanes) is 13. The minimum atomic E-state index is -1.33. The maximum atomic E-state index is 12.0. The van der Waals surface area contributed by atoms with Gasteiger partial charge in [0.2, 0.25) is 0 Å². The van der Waals surface area contributed by atoms with Crippen molar-refractivity contribution in [3.05, 3.63) is 0 Å². The Morgan fingerprint density at radius 1 is 0.759 bits per heavy atom. The van der Waals surface area contributed by atoms with Crippen molar-refractivity contribution < 1.29 is 29.6 Å². The maximum Gasteiger partial charge on any atom is 0.306 e. The third-order valence-electron chi connectivity index (χ3n) is 5.69. The van der Waals surface area contributed by atoms with Crippen LogP contribution in [0, 0.1) is 0 Å². The molecule has 1 heterocycles. The van der Waals surface area contributed by atoms with Crippen LogP contribution in [0.3, 0.4) is 0 Å². The third-order valence-corrected chi connectivity index (χ3v) is 5.69. The van der Waals surface area contributed by atoms with Gasteiger partial charge in [-0.1, -0.05) is 90.4 Å². The molecule has 1 aliphatic rings. The summed E-state index contributed by atoms with van der Waals surface area (Å²) in [4.78, 5) is 12.0. The Balaban J connectivity index is 1.95. The van der Waals surface area contributed by atoms with Gasteiger partial charge in [-0.25, -0.2) is 0 Å². The highest BCUT2D eigenvalue weighted by molar-refractivity contribution is 5.69. The van der Waals surface area contributed by atoms with Gasteiger partial charge < -0.3 is 24.8 Å². The van der Waals surface area contributed by atoms with Crippen molar-refractivity contribution in [2.24, 2.45) is 0 Å². The van der Waals surface area contributed by atoms with E-state index in [0.29, 0.717) is 0 Å². The number of esters is 1. The van der Waals surface area contributed by atoms with Crippen LogP contribution in [0.4, 0.5) is 0 Å². The second-order valence-corrected chi connectivity index (χ2v) is 8.46. The Hall–Kier alpha value is -0.690. The van der Waals surface area contributed by atoms with Crippen molar-refractivity contribution in [1.29, 1.82) is 0 Å². The molecule has 3 N–H and O–H groups in total. The predicted molar refractivity (Wildman–Crippen MR) is 114 cm³/mol. The van der Waals surface area contributed by atoms with E-state index >= 15 is 0 Å². The Labute approximate surface area is 177 Å². The van der Waals surface area contributed by atoms with Gasteiger partial charge in [0.05, 0.1) is 13.2 Å². The molecule has 1 fully saturated rings. The molecule has 0 aliphatic carbocycles. The first-order valence-corrected chi connectivity index (χ1v) is 11.9. The van der Waals surface area contributed by atoms with Gasteiger partial charge in [-0.3, -0.25) is 4.79 Å². The molecular formula is C23H44O6. The number of hydrogen-bond acceptors (Lipinski definition) is 6. The lowest BCUT2D eigenvalue weighted by Crippen LogP contribution is -2.46. The van der Waals surface area contributed by atoms with Crippen LogP contribution in [0.1, 0.15) is 103 Å². The molecule has 0 aromatic heterocycles. The van der Waals surface area contributed by atoms with E-state index in [1.807, 2.05) is 0 Å². The van der Waals surface area contributed by atoms with E-state index in [0.717, 1.165) is 19.3 Å². The van der Waals surface area contributed by atoms with Crippen molar-refractivity contribution >= 4 is 5.97 Å². The lowest BCUT2D eigenvalue weighted by atomic mass is 10.0. The summed E-state index contributed by atoms with van der Waals surface area (Å²) in [7, 11) is 0. The standard InChI is InChI=1S/C23H44O6/c1-2-3-4-5-6-7-8-9-10-11-12-13-14-15-16-21(26)29-23-20(25)18-28-17-19(24)22(23)27/h19-20,22-25,27H,2-18H2,1H3/t19-,20-,22-,23-/m1/s1. The van der Waals surface area contributed by atoms with Crippen molar-refractivity contribution in [2.45, 2.75) is 128 Å². The normalized spacial score (nSPS) is 25.0. The Morgan fingerprint density at radius 2 is 1.21 bits per heavy atom. The molecule has 0 saturated carbocycles. The van der Waals surface area contributed by atoms with Crippen LogP contribution in [0.2, 0.25) is 0 Å². The monoisotopic (exact) mass is 416 g/mol. The molecule has 1 rings (SSSR count). The molecule has 6 nitrogen and oxygen atoms in total. The fourth-order valence-electron chi connectivity index (χ4n) is 3.77. The Kier molecular flexibility index (Phi) is 15.5. The second kappa shape index (κ2) is 17.0. The highest BCUT2D eigenvalue weighted by atomic mass is 16.6. The van der Waals surface area contributed by atoms with Crippen LogP contribution in [0.25, 0.3) is 0 Å². The fraction of sp³-hybridized carbons (Fsp3) is 0.957. The third kappa shape index (κ3) is 12.6. The molecule has 0 bridgehead atoms. The number of rotatable bonds is 16. The number of ether oxygens (including phenoxy) is 2. The van der Waals surface area contributed by atoms with Gasteiger partial charge in [0, 0.05) is 6.42 Å². The van der Waals surface area contributed by atoms with E-state index in [1.54, 1.807) is 0 Å². The minimum Gasteiger partial charge on any atom is -0.457 e. The summed E-state index contributed by atoms with van der Waals surface area (Å²) >= 11 is 0. The lowest BCUT2D eigenvalue weighted by molar-refractivity contribution is -0.169. The summed E-state index contributed by atoms with van der Waals surface area (Å²) in [6.07, 6.45) is 13.1. The van der Waals surface area contributed by atoms with E-state index in [1.165, 1.54) is 70.6 Å². The highest BCUT2D eigenvalue weighted by Crippen LogP contribution is 2.17. The Morgan fingerprint density at radius 3 is 1.72 bits per heavy atom. The van der Waals surface area contributed by atoms with Crippen LogP contribution in [0.5, 0.6) is 0 Å². The molecule has 0 aromatic carbocycles. The number of carbonyl (C=O) groups is 1. The second-order valence-electron chi connectivity index (χ2n) is 8.46. The topological polar surface area (TPSA) is 96.2 Å². The van der Waals surface area contributed by atoms with Crippen LogP contribution >= 0.6 is 0 Å². The quantitative estimate of drug-likeness (QED) is 0.261. The van der Waals surface area contributed by atoms with Gasteiger partial charge in [0.1, 0.15) is 18.3 Å². The van der Waals surface area contributed by atoms with Crippen LogP contribution < -0.4 is 0 Å². The van der Waals surface area contributed by atoms with E-state index < -0.39 is 30.4 Å². The van der Waals surface area contributed by atoms with Gasteiger partial charge in [0.25, 0.3) is 0 Å². The minimum absolute atomic E-state index is 0.0646. The molecule has 6 heteroatoms. The molecule has 0 amide bonds. The van der Waals surface area contributed by atoms with Gasteiger partial charge in [-0.05, 0) is 6.42 Å². The fourth-order valence-corrected chi connectivity index (χ4v) is 3.77. The van der Waals surface area contributed by atoms with Gasteiger partial charge in [-0.15, -0.1) is 0 Å². The first-order valence-electron chi connectivity index (χ1n) is 11.9. The van der Waals surface area contributed by atoms with E-state index in [-0.39, 0.29) is 19.6 Å². The molecule has 0 spiro atoms. The van der Waals surface area contributed by atoms with Crippen LogP contribution in [-0.4, -0.2) is 58.9 Å².